The van der Waals surface area contributed by atoms with E-state index in [1.165, 1.54) is 11.8 Å². The molecule has 0 aliphatic rings. The molecule has 0 unspecified atom stereocenters. The molecule has 18 heavy (non-hydrogen) atoms. The summed E-state index contributed by atoms with van der Waals surface area (Å²) in [5, 5.41) is 6.35. The molecule has 0 spiro atoms. The number of hydrogen-bond acceptors (Lipinski definition) is 4. The minimum atomic E-state index is -0.119. The van der Waals surface area contributed by atoms with Crippen LogP contribution in [0.5, 0.6) is 0 Å². The second-order valence-corrected chi connectivity index (χ2v) is 5.47. The molecule has 0 saturated heterocycles. The number of nitrogens with zero attached hydrogens (tertiary/aromatic N) is 1. The molecule has 0 aliphatic heterocycles. The average molecular weight is 327 g/mol. The number of halogens is 1. The van der Waals surface area contributed by atoms with Gasteiger partial charge in [-0.3, -0.25) is 10.1 Å². The molecule has 4 nitrogen and oxygen atoms in total. The van der Waals surface area contributed by atoms with Crippen LogP contribution in [0.25, 0.3) is 0 Å². The number of carbonyl (C=O) groups excluding carboxylic acids is 1. The van der Waals surface area contributed by atoms with Gasteiger partial charge in [0.15, 0.2) is 0 Å². The molecule has 0 radical (unpaired) electrons. The zero-order valence-corrected chi connectivity index (χ0v) is 12.0. The van der Waals surface area contributed by atoms with Crippen LogP contribution >= 0.6 is 27.7 Å². The van der Waals surface area contributed by atoms with E-state index in [1.807, 2.05) is 24.3 Å². The Kier molecular flexibility index (Phi) is 4.43. The van der Waals surface area contributed by atoms with E-state index in [4.69, 9.17) is 4.52 Å². The van der Waals surface area contributed by atoms with Crippen LogP contribution in [0.15, 0.2) is 44.2 Å². The van der Waals surface area contributed by atoms with Crippen LogP contribution in [0.2, 0.25) is 0 Å². The lowest BCUT2D eigenvalue weighted by molar-refractivity contribution is -0.113. The van der Waals surface area contributed by atoms with Crippen LogP contribution in [-0.4, -0.2) is 16.8 Å². The Morgan fingerprint density at radius 1 is 1.50 bits per heavy atom. The molecule has 1 amide bonds. The SMILES string of the molecule is Cc1cc(NC(=O)CSc2ccccc2Br)on1. The first-order valence-electron chi connectivity index (χ1n) is 5.25. The molecule has 1 N–H and O–H groups in total. The van der Waals surface area contributed by atoms with Crippen LogP contribution in [-0.2, 0) is 4.79 Å². The summed E-state index contributed by atoms with van der Waals surface area (Å²) in [6.45, 7) is 1.80. The van der Waals surface area contributed by atoms with E-state index < -0.39 is 0 Å². The number of benzene rings is 1. The third-order valence-electron chi connectivity index (χ3n) is 2.09. The largest absolute Gasteiger partial charge is 0.338 e. The molecular formula is C12H11BrN2O2S. The van der Waals surface area contributed by atoms with Gasteiger partial charge in [0.25, 0.3) is 0 Å². The molecule has 6 heteroatoms. The van der Waals surface area contributed by atoms with Gasteiger partial charge in [0, 0.05) is 15.4 Å². The van der Waals surface area contributed by atoms with Gasteiger partial charge in [-0.05, 0) is 35.0 Å². The van der Waals surface area contributed by atoms with E-state index in [2.05, 4.69) is 26.4 Å². The maximum absolute atomic E-state index is 11.7. The summed E-state index contributed by atoms with van der Waals surface area (Å²) in [5.74, 6) is 0.583. The highest BCUT2D eigenvalue weighted by Crippen LogP contribution is 2.26. The number of rotatable bonds is 4. The van der Waals surface area contributed by atoms with Crippen molar-refractivity contribution >= 4 is 39.5 Å². The number of thioether (sulfide) groups is 1. The maximum atomic E-state index is 11.7. The van der Waals surface area contributed by atoms with Crippen molar-refractivity contribution in [2.75, 3.05) is 11.1 Å². The lowest BCUT2D eigenvalue weighted by Crippen LogP contribution is -2.13. The molecule has 0 fully saturated rings. The second-order valence-electron chi connectivity index (χ2n) is 3.60. The van der Waals surface area contributed by atoms with Crippen LogP contribution < -0.4 is 5.32 Å². The fourth-order valence-electron chi connectivity index (χ4n) is 1.30. The van der Waals surface area contributed by atoms with Gasteiger partial charge in [-0.2, -0.15) is 0 Å². The van der Waals surface area contributed by atoms with Crippen molar-refractivity contribution in [1.82, 2.24) is 5.16 Å². The second kappa shape index (κ2) is 6.06. The molecule has 2 aromatic rings. The van der Waals surface area contributed by atoms with Crippen molar-refractivity contribution in [3.05, 3.63) is 40.5 Å². The fourth-order valence-corrected chi connectivity index (χ4v) is 2.67. The van der Waals surface area contributed by atoms with Crippen molar-refractivity contribution in [3.8, 4) is 0 Å². The molecule has 1 aromatic carbocycles. The lowest BCUT2D eigenvalue weighted by Gasteiger charge is -2.03. The molecule has 0 aliphatic carbocycles. The summed E-state index contributed by atoms with van der Waals surface area (Å²) in [6.07, 6.45) is 0. The van der Waals surface area contributed by atoms with Gasteiger partial charge in [0.2, 0.25) is 11.8 Å². The standard InChI is InChI=1S/C12H11BrN2O2S/c1-8-6-12(17-15-8)14-11(16)7-18-10-5-3-2-4-9(10)13/h2-6H,7H2,1H3,(H,14,16). The number of anilines is 1. The van der Waals surface area contributed by atoms with E-state index in [0.29, 0.717) is 11.6 Å². The van der Waals surface area contributed by atoms with E-state index in [0.717, 1.165) is 15.1 Å². The van der Waals surface area contributed by atoms with E-state index in [-0.39, 0.29) is 5.91 Å². The topological polar surface area (TPSA) is 55.1 Å². The zero-order chi connectivity index (χ0) is 13.0. The highest BCUT2D eigenvalue weighted by atomic mass is 79.9. The summed E-state index contributed by atoms with van der Waals surface area (Å²) >= 11 is 4.90. The Morgan fingerprint density at radius 2 is 2.28 bits per heavy atom. The smallest absolute Gasteiger partial charge is 0.237 e. The van der Waals surface area contributed by atoms with Gasteiger partial charge >= 0.3 is 0 Å². The number of amides is 1. The number of nitrogens with one attached hydrogen (secondary N) is 1. The summed E-state index contributed by atoms with van der Waals surface area (Å²) in [7, 11) is 0. The lowest BCUT2D eigenvalue weighted by atomic mass is 10.4. The maximum Gasteiger partial charge on any atom is 0.237 e. The van der Waals surface area contributed by atoms with Crippen LogP contribution in [0.1, 0.15) is 5.69 Å². The first-order chi connectivity index (χ1) is 8.65. The Labute approximate surface area is 117 Å². The molecule has 0 saturated carbocycles. The first-order valence-corrected chi connectivity index (χ1v) is 7.03. The van der Waals surface area contributed by atoms with Gasteiger partial charge in [-0.1, -0.05) is 17.3 Å². The summed E-state index contributed by atoms with van der Waals surface area (Å²) in [5.41, 5.74) is 0.740. The third kappa shape index (κ3) is 3.61. The monoisotopic (exact) mass is 326 g/mol. The predicted molar refractivity (Wildman–Crippen MR) is 74.7 cm³/mol. The Hall–Kier alpha value is -1.27. The molecule has 1 aromatic heterocycles. The minimum Gasteiger partial charge on any atom is -0.338 e. The Balaban J connectivity index is 1.87. The molecule has 94 valence electrons. The van der Waals surface area contributed by atoms with Crippen LogP contribution in [0.3, 0.4) is 0 Å². The van der Waals surface area contributed by atoms with Crippen molar-refractivity contribution in [1.29, 1.82) is 0 Å². The third-order valence-corrected chi connectivity index (χ3v) is 4.11. The average Bonchev–Trinajstić information content (AvgIpc) is 2.74. The Morgan fingerprint density at radius 3 is 2.94 bits per heavy atom. The fraction of sp³-hybridized carbons (Fsp3) is 0.167. The highest BCUT2D eigenvalue weighted by Gasteiger charge is 2.08. The Bertz CT molecular complexity index is 557. The first kappa shape index (κ1) is 13.2. The number of aryl methyl sites for hydroxylation is 1. The predicted octanol–water partition coefficient (Wildman–Crippen LogP) is 3.48. The normalized spacial score (nSPS) is 10.3. The van der Waals surface area contributed by atoms with Crippen LogP contribution in [0.4, 0.5) is 5.88 Å². The number of aromatic nitrogens is 1. The molecule has 2 rings (SSSR count). The highest BCUT2D eigenvalue weighted by molar-refractivity contribution is 9.10. The van der Waals surface area contributed by atoms with Crippen molar-refractivity contribution < 1.29 is 9.32 Å². The van der Waals surface area contributed by atoms with Gasteiger partial charge in [0.1, 0.15) is 0 Å². The van der Waals surface area contributed by atoms with E-state index in [1.54, 1.807) is 13.0 Å². The number of carbonyl (C=O) groups is 1. The minimum absolute atomic E-state index is 0.119. The number of hydrogen-bond donors (Lipinski definition) is 1. The zero-order valence-electron chi connectivity index (χ0n) is 9.64. The summed E-state index contributed by atoms with van der Waals surface area (Å²) < 4.78 is 5.89. The molecule has 0 atom stereocenters. The van der Waals surface area contributed by atoms with Gasteiger partial charge in [-0.25, -0.2) is 0 Å². The molecular weight excluding hydrogens is 316 g/mol. The van der Waals surface area contributed by atoms with E-state index in [9.17, 15) is 4.79 Å². The van der Waals surface area contributed by atoms with E-state index >= 15 is 0 Å². The van der Waals surface area contributed by atoms with Crippen molar-refractivity contribution in [2.24, 2.45) is 0 Å². The molecule has 0 bridgehead atoms. The molecule has 1 heterocycles. The summed E-state index contributed by atoms with van der Waals surface area (Å²) in [4.78, 5) is 12.7. The van der Waals surface area contributed by atoms with Gasteiger partial charge in [-0.15, -0.1) is 11.8 Å². The van der Waals surface area contributed by atoms with Crippen molar-refractivity contribution in [3.63, 3.8) is 0 Å². The van der Waals surface area contributed by atoms with Gasteiger partial charge in [0.05, 0.1) is 11.4 Å². The van der Waals surface area contributed by atoms with Gasteiger partial charge < -0.3 is 4.52 Å². The summed E-state index contributed by atoms with van der Waals surface area (Å²) in [6, 6.07) is 9.46. The van der Waals surface area contributed by atoms with Crippen molar-refractivity contribution in [2.45, 2.75) is 11.8 Å². The van der Waals surface area contributed by atoms with Crippen LogP contribution in [0, 0.1) is 6.92 Å². The quantitative estimate of drug-likeness (QED) is 0.874.